The van der Waals surface area contributed by atoms with Gasteiger partial charge < -0.3 is 5.73 Å². The average molecular weight is 279 g/mol. The van der Waals surface area contributed by atoms with Crippen LogP contribution in [0.15, 0.2) is 53.3 Å². The quantitative estimate of drug-likeness (QED) is 0.784. The van der Waals surface area contributed by atoms with Crippen molar-refractivity contribution in [1.82, 2.24) is 9.55 Å². The molecule has 0 aliphatic heterocycles. The van der Waals surface area contributed by atoms with Gasteiger partial charge >= 0.3 is 0 Å². The molecule has 0 unspecified atom stereocenters. The van der Waals surface area contributed by atoms with Crippen LogP contribution in [-0.2, 0) is 0 Å². The Morgan fingerprint density at radius 2 is 1.81 bits per heavy atom. The Morgan fingerprint density at radius 3 is 2.48 bits per heavy atom. The van der Waals surface area contributed by atoms with E-state index in [2.05, 4.69) is 4.98 Å². The summed E-state index contributed by atoms with van der Waals surface area (Å²) in [5, 5.41) is 0.614. The molecule has 2 aromatic carbocycles. The molecule has 0 bridgehead atoms. The maximum Gasteiger partial charge on any atom is 0.266 e. The lowest BCUT2D eigenvalue weighted by molar-refractivity contribution is 0.696. The summed E-state index contributed by atoms with van der Waals surface area (Å²) in [6.07, 6.45) is 0. The topological polar surface area (TPSA) is 60.9 Å². The van der Waals surface area contributed by atoms with Crippen molar-refractivity contribution in [1.29, 1.82) is 0 Å². The Labute approximate surface area is 122 Å². The first-order valence-corrected chi connectivity index (χ1v) is 6.93. The second-order valence-electron chi connectivity index (χ2n) is 5.21. The molecule has 0 radical (unpaired) electrons. The number of aryl methyl sites for hydroxylation is 1. The molecule has 0 aliphatic carbocycles. The average Bonchev–Trinajstić information content (AvgIpc) is 2.48. The van der Waals surface area contributed by atoms with Gasteiger partial charge in [-0.15, -0.1) is 0 Å². The van der Waals surface area contributed by atoms with Gasteiger partial charge in [0.25, 0.3) is 5.56 Å². The van der Waals surface area contributed by atoms with E-state index in [9.17, 15) is 4.79 Å². The molecule has 0 fully saturated rings. The van der Waals surface area contributed by atoms with Crippen LogP contribution in [0.4, 0.5) is 0 Å². The van der Waals surface area contributed by atoms with E-state index in [-0.39, 0.29) is 11.6 Å². The fourth-order valence-corrected chi connectivity index (χ4v) is 2.50. The van der Waals surface area contributed by atoms with Crippen LogP contribution in [0.1, 0.15) is 24.4 Å². The Balaban J connectivity index is 2.46. The Morgan fingerprint density at radius 1 is 1.10 bits per heavy atom. The van der Waals surface area contributed by atoms with Crippen LogP contribution in [-0.4, -0.2) is 9.55 Å². The second kappa shape index (κ2) is 5.14. The number of para-hydroxylation sites is 2. The first-order chi connectivity index (χ1) is 10.1. The van der Waals surface area contributed by atoms with E-state index in [1.165, 1.54) is 0 Å². The summed E-state index contributed by atoms with van der Waals surface area (Å²) in [4.78, 5) is 17.5. The van der Waals surface area contributed by atoms with E-state index in [1.807, 2.05) is 62.4 Å². The van der Waals surface area contributed by atoms with Crippen molar-refractivity contribution in [3.8, 4) is 5.69 Å². The highest BCUT2D eigenvalue weighted by molar-refractivity contribution is 5.81. The minimum atomic E-state index is -0.332. The minimum Gasteiger partial charge on any atom is -0.322 e. The molecule has 0 saturated heterocycles. The number of nitrogens with two attached hydrogens (primary N) is 1. The highest BCUT2D eigenvalue weighted by atomic mass is 16.1. The first kappa shape index (κ1) is 13.5. The molecule has 106 valence electrons. The van der Waals surface area contributed by atoms with Gasteiger partial charge in [0.1, 0.15) is 5.82 Å². The molecule has 1 heterocycles. The van der Waals surface area contributed by atoms with E-state index >= 15 is 0 Å². The van der Waals surface area contributed by atoms with Gasteiger partial charge in [-0.25, -0.2) is 4.98 Å². The van der Waals surface area contributed by atoms with Crippen LogP contribution in [0, 0.1) is 6.92 Å². The molecule has 3 rings (SSSR count). The number of hydrogen-bond acceptors (Lipinski definition) is 3. The molecular formula is C17H17N3O. The largest absolute Gasteiger partial charge is 0.322 e. The predicted molar refractivity (Wildman–Crippen MR) is 84.7 cm³/mol. The van der Waals surface area contributed by atoms with Crippen molar-refractivity contribution in [2.45, 2.75) is 19.9 Å². The van der Waals surface area contributed by atoms with E-state index in [1.54, 1.807) is 4.57 Å². The summed E-state index contributed by atoms with van der Waals surface area (Å²) in [5.74, 6) is 0.577. The Hall–Kier alpha value is -2.46. The fourth-order valence-electron chi connectivity index (χ4n) is 2.50. The predicted octanol–water partition coefficient (Wildman–Crippen LogP) is 2.71. The molecular weight excluding hydrogens is 262 g/mol. The monoisotopic (exact) mass is 279 g/mol. The summed E-state index contributed by atoms with van der Waals surface area (Å²) >= 11 is 0. The van der Waals surface area contributed by atoms with Crippen molar-refractivity contribution in [2.75, 3.05) is 0 Å². The molecule has 4 heteroatoms. The van der Waals surface area contributed by atoms with Crippen molar-refractivity contribution < 1.29 is 0 Å². The summed E-state index contributed by atoms with van der Waals surface area (Å²) < 4.78 is 1.60. The van der Waals surface area contributed by atoms with Crippen LogP contribution in [0.2, 0.25) is 0 Å². The van der Waals surface area contributed by atoms with Gasteiger partial charge in [-0.3, -0.25) is 9.36 Å². The zero-order valence-corrected chi connectivity index (χ0v) is 12.1. The summed E-state index contributed by atoms with van der Waals surface area (Å²) in [6, 6.07) is 14.8. The standard InChI is InChI=1S/C17H17N3O/c1-11-7-6-10-14-15(11)19-16(12(2)18)20(17(14)21)13-8-4-3-5-9-13/h3-10,12H,18H2,1-2H3/t12-/m0/s1. The first-order valence-electron chi connectivity index (χ1n) is 6.93. The smallest absolute Gasteiger partial charge is 0.266 e. The zero-order valence-electron chi connectivity index (χ0n) is 12.1. The molecule has 1 aromatic heterocycles. The van der Waals surface area contributed by atoms with E-state index < -0.39 is 0 Å². The van der Waals surface area contributed by atoms with Crippen molar-refractivity contribution >= 4 is 10.9 Å². The number of rotatable bonds is 2. The number of benzene rings is 2. The molecule has 0 spiro atoms. The molecule has 3 aromatic rings. The molecule has 1 atom stereocenters. The normalized spacial score (nSPS) is 12.5. The van der Waals surface area contributed by atoms with Gasteiger partial charge in [-0.2, -0.15) is 0 Å². The van der Waals surface area contributed by atoms with E-state index in [4.69, 9.17) is 5.73 Å². The third kappa shape index (κ3) is 2.23. The molecule has 0 amide bonds. The number of hydrogen-bond donors (Lipinski definition) is 1. The lowest BCUT2D eigenvalue weighted by Crippen LogP contribution is -2.27. The molecule has 21 heavy (non-hydrogen) atoms. The lowest BCUT2D eigenvalue weighted by atomic mass is 10.1. The van der Waals surface area contributed by atoms with Crippen LogP contribution in [0.5, 0.6) is 0 Å². The molecule has 2 N–H and O–H groups in total. The van der Waals surface area contributed by atoms with Crippen LogP contribution >= 0.6 is 0 Å². The van der Waals surface area contributed by atoms with Gasteiger partial charge in [-0.05, 0) is 37.6 Å². The van der Waals surface area contributed by atoms with Gasteiger partial charge in [-0.1, -0.05) is 30.3 Å². The maximum atomic E-state index is 12.9. The molecule has 0 aliphatic rings. The molecule has 0 saturated carbocycles. The van der Waals surface area contributed by atoms with Gasteiger partial charge in [0.2, 0.25) is 0 Å². The molecule has 4 nitrogen and oxygen atoms in total. The highest BCUT2D eigenvalue weighted by Gasteiger charge is 2.16. The lowest BCUT2D eigenvalue weighted by Gasteiger charge is -2.16. The van der Waals surface area contributed by atoms with Gasteiger partial charge in [0.05, 0.1) is 22.6 Å². The van der Waals surface area contributed by atoms with Crippen LogP contribution in [0.25, 0.3) is 16.6 Å². The number of aromatic nitrogens is 2. The van der Waals surface area contributed by atoms with E-state index in [0.29, 0.717) is 11.2 Å². The summed E-state index contributed by atoms with van der Waals surface area (Å²) in [7, 11) is 0. The highest BCUT2D eigenvalue weighted by Crippen LogP contribution is 2.18. The number of fused-ring (bicyclic) bond motifs is 1. The fraction of sp³-hybridized carbons (Fsp3) is 0.176. The summed E-state index contributed by atoms with van der Waals surface area (Å²) in [6.45, 7) is 3.79. The van der Waals surface area contributed by atoms with Crippen LogP contribution < -0.4 is 11.3 Å². The van der Waals surface area contributed by atoms with Gasteiger partial charge in [0, 0.05) is 0 Å². The van der Waals surface area contributed by atoms with Crippen molar-refractivity contribution in [3.63, 3.8) is 0 Å². The second-order valence-corrected chi connectivity index (χ2v) is 5.21. The van der Waals surface area contributed by atoms with Crippen LogP contribution in [0.3, 0.4) is 0 Å². The minimum absolute atomic E-state index is 0.0813. The van der Waals surface area contributed by atoms with Gasteiger partial charge in [0.15, 0.2) is 0 Å². The maximum absolute atomic E-state index is 12.9. The third-order valence-corrected chi connectivity index (χ3v) is 3.55. The summed E-state index contributed by atoms with van der Waals surface area (Å²) in [5.41, 5.74) is 8.44. The van der Waals surface area contributed by atoms with Crippen molar-refractivity contribution in [3.05, 3.63) is 70.3 Å². The Bertz CT molecular complexity index is 851. The third-order valence-electron chi connectivity index (χ3n) is 3.55. The zero-order chi connectivity index (χ0) is 15.0. The number of nitrogens with zero attached hydrogens (tertiary/aromatic N) is 2. The van der Waals surface area contributed by atoms with E-state index in [0.717, 1.165) is 16.8 Å². The Kier molecular flexibility index (Phi) is 3.31. The SMILES string of the molecule is Cc1cccc2c(=O)n(-c3ccccc3)c([C@H](C)N)nc12. The van der Waals surface area contributed by atoms with Crippen molar-refractivity contribution in [2.24, 2.45) is 5.73 Å².